The molecule has 1 fully saturated rings. The summed E-state index contributed by atoms with van der Waals surface area (Å²) < 4.78 is 11.6. The van der Waals surface area contributed by atoms with Crippen LogP contribution in [0, 0.1) is 6.92 Å². The molecule has 150 valence electrons. The van der Waals surface area contributed by atoms with Gasteiger partial charge in [0.15, 0.2) is 0 Å². The van der Waals surface area contributed by atoms with Gasteiger partial charge in [-0.25, -0.2) is 9.97 Å². The van der Waals surface area contributed by atoms with E-state index < -0.39 is 0 Å². The van der Waals surface area contributed by atoms with Crippen LogP contribution < -0.4 is 10.1 Å². The van der Waals surface area contributed by atoms with E-state index in [0.29, 0.717) is 6.61 Å². The molecular formula is C23H26N4O2. The first-order chi connectivity index (χ1) is 14.2. The summed E-state index contributed by atoms with van der Waals surface area (Å²) in [6.07, 6.45) is 1.69. The minimum absolute atomic E-state index is 0.0642. The third-order valence-corrected chi connectivity index (χ3v) is 5.01. The van der Waals surface area contributed by atoms with Gasteiger partial charge in [0, 0.05) is 31.4 Å². The normalized spacial score (nSPS) is 17.1. The van der Waals surface area contributed by atoms with Crippen molar-refractivity contribution >= 4 is 11.6 Å². The Kier molecular flexibility index (Phi) is 6.03. The fraction of sp³-hybridized carbons (Fsp3) is 0.304. The maximum Gasteiger partial charge on any atom is 0.131 e. The molecule has 0 bridgehead atoms. The van der Waals surface area contributed by atoms with Crippen LogP contribution in [0.5, 0.6) is 5.75 Å². The Bertz CT molecular complexity index is 949. The summed E-state index contributed by atoms with van der Waals surface area (Å²) in [6.45, 7) is 5.26. The van der Waals surface area contributed by atoms with Gasteiger partial charge in [-0.1, -0.05) is 24.3 Å². The number of aromatic nitrogens is 2. The third kappa shape index (κ3) is 4.91. The molecule has 3 heterocycles. The molecule has 1 aliphatic rings. The lowest BCUT2D eigenvalue weighted by Gasteiger charge is -2.33. The molecule has 1 aliphatic heterocycles. The second-order valence-electron chi connectivity index (χ2n) is 7.20. The van der Waals surface area contributed by atoms with Gasteiger partial charge in [-0.15, -0.1) is 0 Å². The molecule has 0 aliphatic carbocycles. The Balaban J connectivity index is 1.45. The van der Waals surface area contributed by atoms with Crippen molar-refractivity contribution in [2.24, 2.45) is 0 Å². The number of ether oxygens (including phenoxy) is 2. The number of anilines is 2. The summed E-state index contributed by atoms with van der Waals surface area (Å²) in [5.41, 5.74) is 3.32. The highest BCUT2D eigenvalue weighted by atomic mass is 16.5. The molecule has 3 aromatic rings. The van der Waals surface area contributed by atoms with Crippen molar-refractivity contribution in [1.29, 1.82) is 0 Å². The van der Waals surface area contributed by atoms with Crippen LogP contribution in [0.25, 0.3) is 0 Å². The number of aryl methyl sites for hydroxylation is 1. The van der Waals surface area contributed by atoms with Crippen LogP contribution in [-0.2, 0) is 11.3 Å². The van der Waals surface area contributed by atoms with E-state index in [1.165, 1.54) is 11.1 Å². The van der Waals surface area contributed by atoms with Crippen molar-refractivity contribution in [2.45, 2.75) is 19.6 Å². The van der Waals surface area contributed by atoms with Crippen LogP contribution in [0.2, 0.25) is 0 Å². The van der Waals surface area contributed by atoms with Crippen molar-refractivity contribution in [2.75, 3.05) is 32.1 Å². The fourth-order valence-corrected chi connectivity index (χ4v) is 3.52. The molecule has 1 aromatic carbocycles. The molecule has 2 aromatic heterocycles. The monoisotopic (exact) mass is 390 g/mol. The lowest BCUT2D eigenvalue weighted by atomic mass is 10.1. The number of morpholine rings is 1. The van der Waals surface area contributed by atoms with Crippen molar-refractivity contribution in [3.8, 4) is 5.75 Å². The van der Waals surface area contributed by atoms with Crippen molar-refractivity contribution in [3.63, 3.8) is 0 Å². The number of pyridine rings is 2. The molecule has 4 rings (SSSR count). The van der Waals surface area contributed by atoms with Gasteiger partial charge < -0.3 is 14.8 Å². The van der Waals surface area contributed by atoms with Gasteiger partial charge in [0.05, 0.1) is 19.4 Å². The zero-order valence-electron chi connectivity index (χ0n) is 16.8. The van der Waals surface area contributed by atoms with Crippen LogP contribution in [0.4, 0.5) is 11.6 Å². The smallest absolute Gasteiger partial charge is 0.131 e. The lowest BCUT2D eigenvalue weighted by Crippen LogP contribution is -2.38. The molecule has 1 atom stereocenters. The third-order valence-electron chi connectivity index (χ3n) is 5.01. The van der Waals surface area contributed by atoms with Crippen LogP contribution in [0.3, 0.4) is 0 Å². The molecule has 6 nitrogen and oxygen atoms in total. The minimum atomic E-state index is -0.0642. The molecule has 0 saturated carbocycles. The van der Waals surface area contributed by atoms with E-state index in [-0.39, 0.29) is 6.10 Å². The Morgan fingerprint density at radius 2 is 2.03 bits per heavy atom. The van der Waals surface area contributed by atoms with E-state index in [9.17, 15) is 0 Å². The first-order valence-corrected chi connectivity index (χ1v) is 9.84. The zero-order chi connectivity index (χ0) is 20.1. The highest BCUT2D eigenvalue weighted by Gasteiger charge is 2.24. The van der Waals surface area contributed by atoms with Crippen LogP contribution in [-0.4, -0.2) is 41.7 Å². The van der Waals surface area contributed by atoms with E-state index in [1.807, 2.05) is 36.4 Å². The van der Waals surface area contributed by atoms with E-state index in [2.05, 4.69) is 40.3 Å². The second kappa shape index (κ2) is 9.03. The summed E-state index contributed by atoms with van der Waals surface area (Å²) in [6, 6.07) is 18.1. The first-order valence-electron chi connectivity index (χ1n) is 9.84. The number of nitrogens with one attached hydrogen (secondary N) is 1. The Morgan fingerprint density at radius 3 is 2.86 bits per heavy atom. The lowest BCUT2D eigenvalue weighted by molar-refractivity contribution is -0.0350. The standard InChI is InChI=1S/C23H26N4O2/c1-17-9-10-18(20(14-17)28-2)15-27-12-13-29-21(16-27)19-6-5-8-23(25-19)26-22-7-3-4-11-24-22/h3-11,14,21H,12-13,15-16H2,1-2H3,(H,24,25,26)/t21-/m1/s1. The zero-order valence-corrected chi connectivity index (χ0v) is 16.8. The topological polar surface area (TPSA) is 59.5 Å². The van der Waals surface area contributed by atoms with Gasteiger partial charge in [-0.3, -0.25) is 4.90 Å². The highest BCUT2D eigenvalue weighted by molar-refractivity contribution is 5.51. The molecule has 0 radical (unpaired) electrons. The summed E-state index contributed by atoms with van der Waals surface area (Å²) in [7, 11) is 1.73. The van der Waals surface area contributed by atoms with E-state index in [4.69, 9.17) is 14.5 Å². The van der Waals surface area contributed by atoms with E-state index in [0.717, 1.165) is 42.7 Å². The van der Waals surface area contributed by atoms with Crippen LogP contribution >= 0.6 is 0 Å². The van der Waals surface area contributed by atoms with Crippen LogP contribution in [0.1, 0.15) is 22.9 Å². The van der Waals surface area contributed by atoms with Gasteiger partial charge in [0.2, 0.25) is 0 Å². The molecular weight excluding hydrogens is 364 g/mol. The predicted molar refractivity (Wildman–Crippen MR) is 113 cm³/mol. The number of rotatable bonds is 6. The van der Waals surface area contributed by atoms with Crippen molar-refractivity contribution < 1.29 is 9.47 Å². The van der Waals surface area contributed by atoms with Crippen LogP contribution in [0.15, 0.2) is 60.8 Å². The number of nitrogens with zero attached hydrogens (tertiary/aromatic N) is 3. The average molecular weight is 390 g/mol. The molecule has 1 saturated heterocycles. The quantitative estimate of drug-likeness (QED) is 0.684. The molecule has 0 amide bonds. The van der Waals surface area contributed by atoms with Gasteiger partial charge >= 0.3 is 0 Å². The van der Waals surface area contributed by atoms with Gasteiger partial charge in [0.1, 0.15) is 23.5 Å². The first kappa shape index (κ1) is 19.4. The SMILES string of the molecule is COc1cc(C)ccc1CN1CCO[C@@H](c2cccc(Nc3ccccn3)n2)C1. The average Bonchev–Trinajstić information content (AvgIpc) is 2.76. The Labute approximate surface area is 171 Å². The maximum atomic E-state index is 6.03. The molecule has 1 N–H and O–H groups in total. The summed E-state index contributed by atoms with van der Waals surface area (Å²) >= 11 is 0. The number of hydrogen-bond donors (Lipinski definition) is 1. The molecule has 6 heteroatoms. The Hall–Kier alpha value is -2.96. The number of methoxy groups -OCH3 is 1. The van der Waals surface area contributed by atoms with E-state index >= 15 is 0 Å². The predicted octanol–water partition coefficient (Wildman–Crippen LogP) is 4.11. The van der Waals surface area contributed by atoms with Gasteiger partial charge in [-0.2, -0.15) is 0 Å². The fourth-order valence-electron chi connectivity index (χ4n) is 3.52. The van der Waals surface area contributed by atoms with Gasteiger partial charge in [-0.05, 0) is 42.8 Å². The Morgan fingerprint density at radius 1 is 1.14 bits per heavy atom. The molecule has 29 heavy (non-hydrogen) atoms. The second-order valence-corrected chi connectivity index (χ2v) is 7.20. The van der Waals surface area contributed by atoms with Crippen molar-refractivity contribution in [1.82, 2.24) is 14.9 Å². The molecule has 0 spiro atoms. The maximum absolute atomic E-state index is 6.03. The van der Waals surface area contributed by atoms with Gasteiger partial charge in [0.25, 0.3) is 0 Å². The van der Waals surface area contributed by atoms with E-state index in [1.54, 1.807) is 13.3 Å². The highest BCUT2D eigenvalue weighted by Crippen LogP contribution is 2.26. The summed E-state index contributed by atoms with van der Waals surface area (Å²) in [5.74, 6) is 2.48. The molecule has 0 unspecified atom stereocenters. The summed E-state index contributed by atoms with van der Waals surface area (Å²) in [5, 5.41) is 3.25. The largest absolute Gasteiger partial charge is 0.496 e. The minimum Gasteiger partial charge on any atom is -0.496 e. The summed E-state index contributed by atoms with van der Waals surface area (Å²) in [4.78, 5) is 11.4. The number of benzene rings is 1. The number of hydrogen-bond acceptors (Lipinski definition) is 6. The van der Waals surface area contributed by atoms with Crippen molar-refractivity contribution in [3.05, 3.63) is 77.6 Å².